The fourth-order valence-corrected chi connectivity index (χ4v) is 2.96. The Labute approximate surface area is 133 Å². The molecule has 2 aromatic rings. The number of rotatable bonds is 3. The third-order valence-corrected chi connectivity index (χ3v) is 4.25. The van der Waals surface area contributed by atoms with Gasteiger partial charge in [0.25, 0.3) is 5.91 Å². The Balaban J connectivity index is 1.45. The minimum absolute atomic E-state index is 0.0658. The van der Waals surface area contributed by atoms with E-state index in [2.05, 4.69) is 38.1 Å². The Bertz CT molecular complexity index is 670. The van der Waals surface area contributed by atoms with Crippen LogP contribution in [0.3, 0.4) is 0 Å². The molecule has 2 N–H and O–H groups in total. The minimum Gasteiger partial charge on any atom is -0.351 e. The quantitative estimate of drug-likeness (QED) is 0.819. The summed E-state index contributed by atoms with van der Waals surface area (Å²) in [4.78, 5) is 24.0. The fourth-order valence-electron chi connectivity index (χ4n) is 2.96. The molecule has 1 saturated carbocycles. The van der Waals surface area contributed by atoms with Crippen LogP contribution in [0.2, 0.25) is 0 Å². The zero-order valence-corrected chi connectivity index (χ0v) is 13.0. The molecule has 23 heavy (non-hydrogen) atoms. The molecule has 1 aliphatic carbocycles. The van der Waals surface area contributed by atoms with Crippen molar-refractivity contribution in [2.24, 2.45) is 13.0 Å². The van der Waals surface area contributed by atoms with Crippen LogP contribution >= 0.6 is 0 Å². The van der Waals surface area contributed by atoms with Crippen molar-refractivity contribution >= 4 is 11.8 Å². The Hall–Kier alpha value is -2.64. The summed E-state index contributed by atoms with van der Waals surface area (Å²) >= 11 is 0. The van der Waals surface area contributed by atoms with Gasteiger partial charge in [0.15, 0.2) is 5.69 Å². The largest absolute Gasteiger partial charge is 0.351 e. The summed E-state index contributed by atoms with van der Waals surface area (Å²) in [6.45, 7) is 0. The molecule has 0 atom stereocenters. The Morgan fingerprint density at radius 2 is 1.83 bits per heavy atom. The molecule has 0 saturated heterocycles. The van der Waals surface area contributed by atoms with Crippen LogP contribution in [0.25, 0.3) is 0 Å². The topological polar surface area (TPSA) is 93.8 Å². The summed E-state index contributed by atoms with van der Waals surface area (Å²) in [6, 6.07) is 4.49. The number of hydrazine groups is 1. The van der Waals surface area contributed by atoms with Crippen molar-refractivity contribution in [3.63, 3.8) is 0 Å². The average molecular weight is 316 g/mol. The standard InChI is InChI=1S/C15H20N6O2/c1-20-10-13(16-19-20)15(23)18-17-14(22)11-4-6-12(7-5-11)21-8-2-3-9-21/h2-3,8-12H,4-7H2,1H3,(H,17,22)(H,18,23). The highest BCUT2D eigenvalue weighted by molar-refractivity contribution is 5.93. The molecule has 1 aliphatic rings. The van der Waals surface area contributed by atoms with Crippen molar-refractivity contribution in [3.05, 3.63) is 36.4 Å². The number of hydrogen-bond acceptors (Lipinski definition) is 4. The normalized spacial score (nSPS) is 20.9. The highest BCUT2D eigenvalue weighted by Crippen LogP contribution is 2.32. The third-order valence-electron chi connectivity index (χ3n) is 4.25. The van der Waals surface area contributed by atoms with Gasteiger partial charge in [-0.3, -0.25) is 25.1 Å². The van der Waals surface area contributed by atoms with E-state index in [0.717, 1.165) is 25.7 Å². The van der Waals surface area contributed by atoms with Gasteiger partial charge in [-0.25, -0.2) is 0 Å². The van der Waals surface area contributed by atoms with Crippen LogP contribution in [0.5, 0.6) is 0 Å². The van der Waals surface area contributed by atoms with E-state index in [9.17, 15) is 9.59 Å². The monoisotopic (exact) mass is 316 g/mol. The van der Waals surface area contributed by atoms with Gasteiger partial charge in [0.2, 0.25) is 5.91 Å². The maximum atomic E-state index is 12.2. The van der Waals surface area contributed by atoms with E-state index < -0.39 is 5.91 Å². The van der Waals surface area contributed by atoms with Crippen molar-refractivity contribution < 1.29 is 9.59 Å². The Morgan fingerprint density at radius 1 is 1.13 bits per heavy atom. The second kappa shape index (κ2) is 6.64. The number of aryl methyl sites for hydroxylation is 1. The van der Waals surface area contributed by atoms with Crippen molar-refractivity contribution in [2.75, 3.05) is 0 Å². The van der Waals surface area contributed by atoms with Crippen molar-refractivity contribution in [1.82, 2.24) is 30.4 Å². The molecule has 0 bridgehead atoms. The van der Waals surface area contributed by atoms with Crippen molar-refractivity contribution in [3.8, 4) is 0 Å². The van der Waals surface area contributed by atoms with Crippen molar-refractivity contribution in [2.45, 2.75) is 31.7 Å². The molecule has 2 aromatic heterocycles. The lowest BCUT2D eigenvalue weighted by Gasteiger charge is -2.28. The molecule has 0 radical (unpaired) electrons. The van der Waals surface area contributed by atoms with Crippen LogP contribution in [0.4, 0.5) is 0 Å². The lowest BCUT2D eigenvalue weighted by Crippen LogP contribution is -2.45. The van der Waals surface area contributed by atoms with Crippen LogP contribution in [0, 0.1) is 5.92 Å². The van der Waals surface area contributed by atoms with Crippen LogP contribution in [0.15, 0.2) is 30.7 Å². The number of carbonyl (C=O) groups excluding carboxylic acids is 2. The van der Waals surface area contributed by atoms with Gasteiger partial charge >= 0.3 is 0 Å². The van der Waals surface area contributed by atoms with E-state index in [1.165, 1.54) is 10.9 Å². The molecule has 8 heteroatoms. The number of nitrogens with zero attached hydrogens (tertiary/aromatic N) is 4. The molecule has 0 spiro atoms. The molecule has 2 heterocycles. The van der Waals surface area contributed by atoms with Crippen LogP contribution in [-0.2, 0) is 11.8 Å². The van der Waals surface area contributed by atoms with Gasteiger partial charge in [-0.2, -0.15) is 0 Å². The summed E-state index contributed by atoms with van der Waals surface area (Å²) < 4.78 is 3.63. The number of aromatic nitrogens is 4. The maximum absolute atomic E-state index is 12.2. The van der Waals surface area contributed by atoms with E-state index in [1.807, 2.05) is 12.1 Å². The van der Waals surface area contributed by atoms with E-state index in [0.29, 0.717) is 6.04 Å². The fraction of sp³-hybridized carbons (Fsp3) is 0.467. The average Bonchev–Trinajstić information content (AvgIpc) is 3.24. The SMILES string of the molecule is Cn1cc(C(=O)NNC(=O)C2CCC(n3cccc3)CC2)nn1. The zero-order valence-electron chi connectivity index (χ0n) is 13.0. The molecule has 0 unspecified atom stereocenters. The first kappa shape index (κ1) is 15.3. The second-order valence-corrected chi connectivity index (χ2v) is 5.86. The van der Waals surface area contributed by atoms with Crippen molar-refractivity contribution in [1.29, 1.82) is 0 Å². The van der Waals surface area contributed by atoms with Crippen LogP contribution < -0.4 is 10.9 Å². The highest BCUT2D eigenvalue weighted by Gasteiger charge is 2.27. The number of nitrogens with one attached hydrogen (secondary N) is 2. The lowest BCUT2D eigenvalue weighted by atomic mass is 9.85. The summed E-state index contributed by atoms with van der Waals surface area (Å²) in [5, 5.41) is 7.37. The first-order chi connectivity index (χ1) is 11.1. The van der Waals surface area contributed by atoms with E-state index >= 15 is 0 Å². The molecule has 122 valence electrons. The van der Waals surface area contributed by atoms with E-state index in [1.54, 1.807) is 7.05 Å². The molecule has 3 rings (SSSR count). The number of amides is 2. The molecule has 0 aliphatic heterocycles. The van der Waals surface area contributed by atoms with E-state index in [4.69, 9.17) is 0 Å². The lowest BCUT2D eigenvalue weighted by molar-refractivity contribution is -0.126. The van der Waals surface area contributed by atoms with Gasteiger partial charge in [-0.1, -0.05) is 5.21 Å². The van der Waals surface area contributed by atoms with Gasteiger partial charge in [0.05, 0.1) is 6.20 Å². The summed E-state index contributed by atoms with van der Waals surface area (Å²) in [6.07, 6.45) is 9.17. The second-order valence-electron chi connectivity index (χ2n) is 5.86. The zero-order chi connectivity index (χ0) is 16.2. The van der Waals surface area contributed by atoms with Gasteiger partial charge < -0.3 is 4.57 Å². The first-order valence-electron chi connectivity index (χ1n) is 7.72. The number of hydrogen-bond donors (Lipinski definition) is 2. The smallest absolute Gasteiger partial charge is 0.291 e. The predicted molar refractivity (Wildman–Crippen MR) is 82.0 cm³/mol. The molecule has 2 amide bonds. The summed E-state index contributed by atoms with van der Waals surface area (Å²) in [7, 11) is 1.67. The maximum Gasteiger partial charge on any atom is 0.291 e. The molecule has 0 aromatic carbocycles. The van der Waals surface area contributed by atoms with Gasteiger partial charge in [0, 0.05) is 31.4 Å². The molecular formula is C15H20N6O2. The summed E-state index contributed by atoms with van der Waals surface area (Å²) in [5.74, 6) is -0.676. The molecular weight excluding hydrogens is 296 g/mol. The van der Waals surface area contributed by atoms with Crippen LogP contribution in [-0.4, -0.2) is 31.4 Å². The predicted octanol–water partition coefficient (Wildman–Crippen LogP) is 0.809. The number of carbonyl (C=O) groups is 2. The van der Waals surface area contributed by atoms with Gasteiger partial charge in [-0.15, -0.1) is 5.10 Å². The molecule has 1 fully saturated rings. The Kier molecular flexibility index (Phi) is 4.40. The first-order valence-corrected chi connectivity index (χ1v) is 7.72. The summed E-state index contributed by atoms with van der Waals surface area (Å²) in [5.41, 5.74) is 5.05. The third kappa shape index (κ3) is 3.58. The molecule has 8 nitrogen and oxygen atoms in total. The minimum atomic E-state index is -0.465. The Morgan fingerprint density at radius 3 is 2.43 bits per heavy atom. The van der Waals surface area contributed by atoms with Gasteiger partial charge in [-0.05, 0) is 37.8 Å². The van der Waals surface area contributed by atoms with Gasteiger partial charge in [0.1, 0.15) is 0 Å². The van der Waals surface area contributed by atoms with Crippen LogP contribution in [0.1, 0.15) is 42.2 Å². The highest BCUT2D eigenvalue weighted by atomic mass is 16.2. The van der Waals surface area contributed by atoms with E-state index in [-0.39, 0.29) is 17.5 Å².